The summed E-state index contributed by atoms with van der Waals surface area (Å²) in [5, 5.41) is 2.86. The molecular weight excluding hydrogens is 412 g/mol. The number of nitrogens with zero attached hydrogens (tertiary/aromatic N) is 2. The van der Waals surface area contributed by atoms with E-state index in [1.54, 1.807) is 31.2 Å². The van der Waals surface area contributed by atoms with E-state index in [-0.39, 0.29) is 36.6 Å². The Balaban J connectivity index is 1.98. The predicted octanol–water partition coefficient (Wildman–Crippen LogP) is 1.74. The van der Waals surface area contributed by atoms with Gasteiger partial charge < -0.3 is 15.8 Å². The van der Waals surface area contributed by atoms with Crippen molar-refractivity contribution in [2.75, 3.05) is 24.7 Å². The van der Waals surface area contributed by atoms with Crippen molar-refractivity contribution in [2.45, 2.75) is 20.0 Å². The number of nitrogens with one attached hydrogen (secondary N) is 1. The normalized spacial score (nSPS) is 10.6. The summed E-state index contributed by atoms with van der Waals surface area (Å²) < 4.78 is 6.95. The molecule has 0 saturated heterocycles. The summed E-state index contributed by atoms with van der Waals surface area (Å²) in [4.78, 5) is 50.6. The number of carbonyl (C=O) groups is 2. The third-order valence-electron chi connectivity index (χ3n) is 5.02. The maximum atomic E-state index is 13.0. The zero-order chi connectivity index (χ0) is 23.3. The summed E-state index contributed by atoms with van der Waals surface area (Å²) in [7, 11) is 1.26. The van der Waals surface area contributed by atoms with Gasteiger partial charge in [0.25, 0.3) is 5.56 Å². The first-order valence-corrected chi connectivity index (χ1v) is 10.0. The lowest BCUT2D eigenvalue weighted by Gasteiger charge is -2.16. The molecule has 166 valence electrons. The minimum atomic E-state index is -0.743. The number of nitrogen functional groups attached to an aromatic ring is 1. The van der Waals surface area contributed by atoms with E-state index >= 15 is 0 Å². The molecule has 3 N–H and O–H groups in total. The van der Waals surface area contributed by atoms with Crippen LogP contribution in [0.4, 0.5) is 11.5 Å². The van der Waals surface area contributed by atoms with Crippen LogP contribution in [0, 0.1) is 0 Å². The number of methoxy groups -OCH3 is 1. The van der Waals surface area contributed by atoms with Crippen LogP contribution in [0.2, 0.25) is 0 Å². The lowest BCUT2D eigenvalue weighted by Crippen LogP contribution is -2.44. The number of rotatable bonds is 8. The first-order valence-electron chi connectivity index (χ1n) is 10.0. The Morgan fingerprint density at radius 3 is 2.31 bits per heavy atom. The molecule has 3 rings (SSSR count). The van der Waals surface area contributed by atoms with Crippen molar-refractivity contribution in [1.29, 1.82) is 0 Å². The van der Waals surface area contributed by atoms with Crippen LogP contribution in [0.15, 0.2) is 64.2 Å². The molecule has 0 bridgehead atoms. The fourth-order valence-corrected chi connectivity index (χ4v) is 3.36. The molecule has 0 unspecified atom stereocenters. The molecule has 0 amide bonds. The van der Waals surface area contributed by atoms with Gasteiger partial charge in [-0.1, -0.05) is 42.5 Å². The SMILES string of the molecule is CCn1c(=O)c(C(=O)CNc2ccccc2C(=O)OC)c(N)n(Cc2ccccc2)c1=O. The fraction of sp³-hybridized carbons (Fsp3) is 0.217. The first-order chi connectivity index (χ1) is 15.4. The Labute approximate surface area is 184 Å². The van der Waals surface area contributed by atoms with Crippen LogP contribution in [0.5, 0.6) is 0 Å². The summed E-state index contributed by atoms with van der Waals surface area (Å²) in [6, 6.07) is 15.6. The Morgan fingerprint density at radius 2 is 1.66 bits per heavy atom. The zero-order valence-electron chi connectivity index (χ0n) is 17.8. The summed E-state index contributed by atoms with van der Waals surface area (Å²) in [5.74, 6) is -1.36. The van der Waals surface area contributed by atoms with Crippen molar-refractivity contribution in [3.63, 3.8) is 0 Å². The monoisotopic (exact) mass is 436 g/mol. The highest BCUT2D eigenvalue weighted by molar-refractivity contribution is 6.03. The predicted molar refractivity (Wildman–Crippen MR) is 121 cm³/mol. The topological polar surface area (TPSA) is 125 Å². The van der Waals surface area contributed by atoms with Crippen molar-refractivity contribution < 1.29 is 14.3 Å². The lowest BCUT2D eigenvalue weighted by molar-refractivity contribution is 0.0601. The van der Waals surface area contributed by atoms with Gasteiger partial charge in [0.05, 0.1) is 25.8 Å². The number of carbonyl (C=O) groups excluding carboxylic acids is 2. The molecule has 9 nitrogen and oxygen atoms in total. The molecule has 9 heteroatoms. The molecule has 0 aliphatic carbocycles. The molecule has 2 aromatic carbocycles. The molecule has 0 aliphatic rings. The highest BCUT2D eigenvalue weighted by Gasteiger charge is 2.23. The average Bonchev–Trinajstić information content (AvgIpc) is 2.81. The molecule has 1 aromatic heterocycles. The first kappa shape index (κ1) is 22.5. The van der Waals surface area contributed by atoms with Gasteiger partial charge in [-0.2, -0.15) is 0 Å². The molecule has 1 heterocycles. The van der Waals surface area contributed by atoms with Crippen LogP contribution in [0.3, 0.4) is 0 Å². The van der Waals surface area contributed by atoms with Crippen LogP contribution in [-0.2, 0) is 17.8 Å². The Morgan fingerprint density at radius 1 is 1.00 bits per heavy atom. The number of hydrogen-bond donors (Lipinski definition) is 2. The number of benzene rings is 2. The van der Waals surface area contributed by atoms with E-state index < -0.39 is 23.0 Å². The van der Waals surface area contributed by atoms with Gasteiger partial charge in [-0.05, 0) is 24.6 Å². The highest BCUT2D eigenvalue weighted by atomic mass is 16.5. The van der Waals surface area contributed by atoms with E-state index in [1.165, 1.54) is 11.7 Å². The Bertz CT molecular complexity index is 1260. The third-order valence-corrected chi connectivity index (χ3v) is 5.02. The van der Waals surface area contributed by atoms with E-state index in [9.17, 15) is 19.2 Å². The number of esters is 1. The van der Waals surface area contributed by atoms with Crippen LogP contribution in [0.1, 0.15) is 33.2 Å². The second kappa shape index (κ2) is 9.78. The number of aromatic nitrogens is 2. The van der Waals surface area contributed by atoms with Crippen LogP contribution >= 0.6 is 0 Å². The van der Waals surface area contributed by atoms with Crippen LogP contribution < -0.4 is 22.3 Å². The lowest BCUT2D eigenvalue weighted by atomic mass is 10.1. The van der Waals surface area contributed by atoms with Gasteiger partial charge >= 0.3 is 11.7 Å². The van der Waals surface area contributed by atoms with Crippen molar-refractivity contribution in [3.05, 3.63) is 92.1 Å². The Hall–Kier alpha value is -4.14. The van der Waals surface area contributed by atoms with E-state index in [4.69, 9.17) is 10.5 Å². The molecule has 0 spiro atoms. The van der Waals surface area contributed by atoms with E-state index in [0.29, 0.717) is 5.69 Å². The van der Waals surface area contributed by atoms with Gasteiger partial charge in [0.2, 0.25) is 0 Å². The summed E-state index contributed by atoms with van der Waals surface area (Å²) in [6.07, 6.45) is 0. The molecule has 0 atom stereocenters. The molecule has 32 heavy (non-hydrogen) atoms. The number of Topliss-reactive ketones (excluding diaryl/α,β-unsaturated/α-hetero) is 1. The third kappa shape index (κ3) is 4.46. The molecule has 0 saturated carbocycles. The number of nitrogens with two attached hydrogens (primary N) is 1. The maximum absolute atomic E-state index is 13.0. The number of anilines is 2. The minimum absolute atomic E-state index is 0.0889. The van der Waals surface area contributed by atoms with E-state index in [2.05, 4.69) is 5.32 Å². The maximum Gasteiger partial charge on any atom is 0.339 e. The second-order valence-corrected chi connectivity index (χ2v) is 6.98. The number of hydrogen-bond acceptors (Lipinski definition) is 7. The van der Waals surface area contributed by atoms with Crippen molar-refractivity contribution in [1.82, 2.24) is 9.13 Å². The fourth-order valence-electron chi connectivity index (χ4n) is 3.36. The van der Waals surface area contributed by atoms with E-state index in [1.807, 2.05) is 30.3 Å². The Kier molecular flexibility index (Phi) is 6.89. The van der Waals surface area contributed by atoms with Gasteiger partial charge in [-0.25, -0.2) is 9.59 Å². The molecule has 3 aromatic rings. The number of para-hydroxylation sites is 1. The average molecular weight is 436 g/mol. The largest absolute Gasteiger partial charge is 0.465 e. The summed E-state index contributed by atoms with van der Waals surface area (Å²) in [6.45, 7) is 1.54. The zero-order valence-corrected chi connectivity index (χ0v) is 17.8. The van der Waals surface area contributed by atoms with Gasteiger partial charge in [0.15, 0.2) is 5.78 Å². The van der Waals surface area contributed by atoms with Gasteiger partial charge in [-0.3, -0.25) is 18.7 Å². The van der Waals surface area contributed by atoms with Crippen molar-refractivity contribution in [3.8, 4) is 0 Å². The van der Waals surface area contributed by atoms with Crippen molar-refractivity contribution >= 4 is 23.3 Å². The van der Waals surface area contributed by atoms with E-state index in [0.717, 1.165) is 10.1 Å². The standard InChI is InChI=1S/C23H24N4O5/c1-3-26-21(29)19(20(24)27(23(26)31)14-15-9-5-4-6-10-15)18(28)13-25-17-12-8-7-11-16(17)22(30)32-2/h4-12,25H,3,13-14,24H2,1-2H3. The number of ketones is 1. The molecule has 0 aliphatic heterocycles. The molecule has 0 fully saturated rings. The number of ether oxygens (including phenoxy) is 1. The summed E-state index contributed by atoms with van der Waals surface area (Å²) in [5.41, 5.74) is 5.97. The minimum Gasteiger partial charge on any atom is -0.465 e. The quantitative estimate of drug-likeness (QED) is 0.407. The second-order valence-electron chi connectivity index (χ2n) is 6.98. The summed E-state index contributed by atoms with van der Waals surface area (Å²) >= 11 is 0. The smallest absolute Gasteiger partial charge is 0.339 e. The van der Waals surface area contributed by atoms with Crippen LogP contribution in [-0.4, -0.2) is 34.5 Å². The molecular formula is C23H24N4O5. The van der Waals surface area contributed by atoms with Crippen LogP contribution in [0.25, 0.3) is 0 Å². The van der Waals surface area contributed by atoms with Gasteiger partial charge in [-0.15, -0.1) is 0 Å². The molecule has 0 radical (unpaired) electrons. The van der Waals surface area contributed by atoms with Gasteiger partial charge in [0.1, 0.15) is 11.4 Å². The van der Waals surface area contributed by atoms with Gasteiger partial charge in [0, 0.05) is 12.2 Å². The highest BCUT2D eigenvalue weighted by Crippen LogP contribution is 2.16. The van der Waals surface area contributed by atoms with Crippen molar-refractivity contribution in [2.24, 2.45) is 0 Å².